The van der Waals surface area contributed by atoms with Crippen LogP contribution in [0.1, 0.15) is 10.4 Å². The van der Waals surface area contributed by atoms with Gasteiger partial charge in [-0.2, -0.15) is 0 Å². The molecule has 3 rings (SSSR count). The first-order valence-electron chi connectivity index (χ1n) is 7.16. The Morgan fingerprint density at radius 2 is 1.92 bits per heavy atom. The van der Waals surface area contributed by atoms with Crippen LogP contribution in [0.25, 0.3) is 11.0 Å². The molecule has 0 unspecified atom stereocenters. The van der Waals surface area contributed by atoms with Gasteiger partial charge in [0.15, 0.2) is 11.3 Å². The number of nitro groups is 1. The Kier molecular flexibility index (Phi) is 4.17. The van der Waals surface area contributed by atoms with E-state index in [9.17, 15) is 19.7 Å². The Bertz CT molecular complexity index is 1020. The van der Waals surface area contributed by atoms with Gasteiger partial charge in [0.05, 0.1) is 12.0 Å². The minimum absolute atomic E-state index is 0.0379. The monoisotopic (exact) mass is 340 g/mol. The van der Waals surface area contributed by atoms with Crippen LogP contribution in [0.4, 0.5) is 11.4 Å². The normalized spacial score (nSPS) is 10.4. The molecule has 2 aromatic carbocycles. The van der Waals surface area contributed by atoms with Crippen LogP contribution in [0.15, 0.2) is 57.7 Å². The number of hydrogen-bond acceptors (Lipinski definition) is 6. The lowest BCUT2D eigenvalue weighted by Gasteiger charge is -2.07. The van der Waals surface area contributed by atoms with E-state index in [1.165, 1.54) is 37.4 Å². The molecule has 1 heterocycles. The highest BCUT2D eigenvalue weighted by atomic mass is 16.6. The van der Waals surface area contributed by atoms with Gasteiger partial charge in [0.1, 0.15) is 5.69 Å². The van der Waals surface area contributed by atoms with Gasteiger partial charge >= 0.3 is 5.63 Å². The van der Waals surface area contributed by atoms with Gasteiger partial charge in [0.25, 0.3) is 11.6 Å². The topological polar surface area (TPSA) is 112 Å². The summed E-state index contributed by atoms with van der Waals surface area (Å²) < 4.78 is 10.3. The molecule has 8 heteroatoms. The van der Waals surface area contributed by atoms with Gasteiger partial charge in [0, 0.05) is 23.1 Å². The number of benzene rings is 2. The summed E-state index contributed by atoms with van der Waals surface area (Å²) in [7, 11) is 1.46. The molecule has 0 spiro atoms. The van der Waals surface area contributed by atoms with E-state index in [0.29, 0.717) is 11.1 Å². The fourth-order valence-corrected chi connectivity index (χ4v) is 2.29. The molecule has 0 fully saturated rings. The number of ether oxygens (including phenoxy) is 1. The molecular weight excluding hydrogens is 328 g/mol. The lowest BCUT2D eigenvalue weighted by atomic mass is 10.2. The summed E-state index contributed by atoms with van der Waals surface area (Å²) in [5.41, 5.74) is -0.440. The maximum atomic E-state index is 12.2. The SMILES string of the molecule is COc1cccc2cc(NC(=O)c3ccc([N+](=O)[O-])cc3)c(=O)oc12. The average Bonchev–Trinajstić information content (AvgIpc) is 2.62. The quantitative estimate of drug-likeness (QED) is 0.444. The van der Waals surface area contributed by atoms with Crippen molar-refractivity contribution < 1.29 is 18.9 Å². The molecule has 1 amide bonds. The fourth-order valence-electron chi connectivity index (χ4n) is 2.29. The number of nitrogens with zero attached hydrogens (tertiary/aromatic N) is 1. The first kappa shape index (κ1) is 16.2. The number of carbonyl (C=O) groups is 1. The summed E-state index contributed by atoms with van der Waals surface area (Å²) in [6.45, 7) is 0. The van der Waals surface area contributed by atoms with Gasteiger partial charge in [0.2, 0.25) is 0 Å². The van der Waals surface area contributed by atoms with E-state index in [1.807, 2.05) is 0 Å². The summed E-state index contributed by atoms with van der Waals surface area (Å²) in [6.07, 6.45) is 0. The number of methoxy groups -OCH3 is 1. The van der Waals surface area contributed by atoms with Crippen molar-refractivity contribution in [3.05, 3.63) is 74.6 Å². The van der Waals surface area contributed by atoms with Crippen molar-refractivity contribution in [2.24, 2.45) is 0 Å². The summed E-state index contributed by atoms with van der Waals surface area (Å²) in [4.78, 5) is 34.4. The second kappa shape index (κ2) is 6.44. The third kappa shape index (κ3) is 3.18. The summed E-state index contributed by atoms with van der Waals surface area (Å²) >= 11 is 0. The molecule has 0 aliphatic rings. The molecule has 126 valence electrons. The van der Waals surface area contributed by atoms with E-state index in [2.05, 4.69) is 5.32 Å². The number of hydrogen-bond donors (Lipinski definition) is 1. The van der Waals surface area contributed by atoms with Crippen molar-refractivity contribution in [1.82, 2.24) is 0 Å². The van der Waals surface area contributed by atoms with Crippen LogP contribution in [-0.4, -0.2) is 17.9 Å². The zero-order chi connectivity index (χ0) is 18.0. The van der Waals surface area contributed by atoms with Gasteiger partial charge < -0.3 is 14.5 Å². The standard InChI is InChI=1S/C17H12N2O6/c1-24-14-4-2-3-11-9-13(17(21)25-15(11)14)18-16(20)10-5-7-12(8-6-10)19(22)23/h2-9H,1H3,(H,18,20). The van der Waals surface area contributed by atoms with Crippen LogP contribution >= 0.6 is 0 Å². The summed E-state index contributed by atoms with van der Waals surface area (Å²) in [5, 5.41) is 13.7. The molecule has 0 aliphatic carbocycles. The minimum Gasteiger partial charge on any atom is -0.493 e. The Morgan fingerprint density at radius 3 is 2.56 bits per heavy atom. The van der Waals surface area contributed by atoms with E-state index >= 15 is 0 Å². The first-order chi connectivity index (χ1) is 12.0. The zero-order valence-electron chi connectivity index (χ0n) is 13.0. The maximum absolute atomic E-state index is 12.2. The summed E-state index contributed by atoms with van der Waals surface area (Å²) in [5.74, 6) is -0.174. The highest BCUT2D eigenvalue weighted by Gasteiger charge is 2.14. The van der Waals surface area contributed by atoms with Gasteiger partial charge in [-0.15, -0.1) is 0 Å². The van der Waals surface area contributed by atoms with Crippen LogP contribution < -0.4 is 15.7 Å². The van der Waals surface area contributed by atoms with Crippen molar-refractivity contribution >= 4 is 28.3 Å². The number of amides is 1. The lowest BCUT2D eigenvalue weighted by molar-refractivity contribution is -0.384. The second-order valence-electron chi connectivity index (χ2n) is 5.08. The van der Waals surface area contributed by atoms with Gasteiger partial charge in [-0.05, 0) is 24.3 Å². The molecule has 8 nitrogen and oxygen atoms in total. The smallest absolute Gasteiger partial charge is 0.360 e. The van der Waals surface area contributed by atoms with Crippen molar-refractivity contribution in [3.63, 3.8) is 0 Å². The molecule has 1 aromatic heterocycles. The second-order valence-corrected chi connectivity index (χ2v) is 5.08. The fraction of sp³-hybridized carbons (Fsp3) is 0.0588. The van der Waals surface area contributed by atoms with E-state index in [1.54, 1.807) is 18.2 Å². The van der Waals surface area contributed by atoms with E-state index < -0.39 is 16.5 Å². The Labute approximate surface area is 140 Å². The van der Waals surface area contributed by atoms with Gasteiger partial charge in [-0.1, -0.05) is 12.1 Å². The number of non-ortho nitro benzene ring substituents is 1. The Hall–Kier alpha value is -3.68. The number of nitro benzene ring substituents is 1. The molecule has 0 saturated carbocycles. The number of fused-ring (bicyclic) bond motifs is 1. The third-order valence-electron chi connectivity index (χ3n) is 3.53. The van der Waals surface area contributed by atoms with Crippen molar-refractivity contribution in [2.75, 3.05) is 12.4 Å². The maximum Gasteiger partial charge on any atom is 0.360 e. The van der Waals surface area contributed by atoms with Gasteiger partial charge in [-0.25, -0.2) is 4.79 Å². The number of rotatable bonds is 4. The number of nitrogens with one attached hydrogen (secondary N) is 1. The van der Waals surface area contributed by atoms with E-state index in [-0.39, 0.29) is 22.5 Å². The van der Waals surface area contributed by atoms with Crippen molar-refractivity contribution in [1.29, 1.82) is 0 Å². The molecular formula is C17H12N2O6. The molecule has 0 atom stereocenters. The Morgan fingerprint density at radius 1 is 1.20 bits per heavy atom. The largest absolute Gasteiger partial charge is 0.493 e. The number of carbonyl (C=O) groups excluding carboxylic acids is 1. The lowest BCUT2D eigenvalue weighted by Crippen LogP contribution is -2.17. The Balaban J connectivity index is 1.92. The molecule has 0 radical (unpaired) electrons. The van der Waals surface area contributed by atoms with E-state index in [0.717, 1.165) is 0 Å². The first-order valence-corrected chi connectivity index (χ1v) is 7.16. The minimum atomic E-state index is -0.729. The van der Waals surface area contributed by atoms with Crippen molar-refractivity contribution in [2.45, 2.75) is 0 Å². The van der Waals surface area contributed by atoms with Crippen LogP contribution in [0, 0.1) is 10.1 Å². The third-order valence-corrected chi connectivity index (χ3v) is 3.53. The molecule has 0 saturated heterocycles. The predicted molar refractivity (Wildman–Crippen MR) is 90.1 cm³/mol. The average molecular weight is 340 g/mol. The van der Waals surface area contributed by atoms with Gasteiger partial charge in [-0.3, -0.25) is 14.9 Å². The highest BCUT2D eigenvalue weighted by Crippen LogP contribution is 2.25. The van der Waals surface area contributed by atoms with Crippen LogP contribution in [-0.2, 0) is 0 Å². The van der Waals surface area contributed by atoms with Crippen LogP contribution in [0.3, 0.4) is 0 Å². The van der Waals surface area contributed by atoms with E-state index in [4.69, 9.17) is 9.15 Å². The van der Waals surface area contributed by atoms with Crippen LogP contribution in [0.2, 0.25) is 0 Å². The van der Waals surface area contributed by atoms with Crippen LogP contribution in [0.5, 0.6) is 5.75 Å². The molecule has 1 N–H and O–H groups in total. The molecule has 0 bridgehead atoms. The predicted octanol–water partition coefficient (Wildman–Crippen LogP) is 2.96. The summed E-state index contributed by atoms with van der Waals surface area (Å²) in [6, 6.07) is 11.6. The number of anilines is 1. The number of para-hydroxylation sites is 1. The molecule has 0 aliphatic heterocycles. The molecule has 3 aromatic rings. The van der Waals surface area contributed by atoms with Crippen molar-refractivity contribution in [3.8, 4) is 5.75 Å². The highest BCUT2D eigenvalue weighted by molar-refractivity contribution is 6.05. The zero-order valence-corrected chi connectivity index (χ0v) is 13.0. The molecule has 25 heavy (non-hydrogen) atoms.